The normalized spacial score (nSPS) is 16.8. The van der Waals surface area contributed by atoms with Crippen molar-refractivity contribution in [2.45, 2.75) is 52.0 Å². The van der Waals surface area contributed by atoms with Crippen LogP contribution in [0.25, 0.3) is 0 Å². The van der Waals surface area contributed by atoms with Gasteiger partial charge in [0.2, 0.25) is 5.91 Å². The number of hydrogen-bond acceptors (Lipinski definition) is 2. The van der Waals surface area contributed by atoms with E-state index in [0.717, 1.165) is 19.5 Å². The van der Waals surface area contributed by atoms with Crippen molar-refractivity contribution < 1.29 is 4.79 Å². The quantitative estimate of drug-likeness (QED) is 0.713. The SMILES string of the molecule is CCCCC(C)NCC#CCN1CCCC1=O. The highest BCUT2D eigenvalue weighted by molar-refractivity contribution is 5.78. The molecule has 1 amide bonds. The van der Waals surface area contributed by atoms with Crippen LogP contribution in [0.4, 0.5) is 0 Å². The predicted molar refractivity (Wildman–Crippen MR) is 70.6 cm³/mol. The molecule has 1 fully saturated rings. The molecule has 0 bridgehead atoms. The Kier molecular flexibility index (Phi) is 6.73. The molecule has 1 N–H and O–H groups in total. The van der Waals surface area contributed by atoms with E-state index in [0.29, 0.717) is 19.0 Å². The molecular weight excluding hydrogens is 212 g/mol. The van der Waals surface area contributed by atoms with E-state index in [1.54, 1.807) is 0 Å². The van der Waals surface area contributed by atoms with Crippen LogP contribution in [0.3, 0.4) is 0 Å². The molecule has 3 nitrogen and oxygen atoms in total. The van der Waals surface area contributed by atoms with Crippen LogP contribution < -0.4 is 5.32 Å². The monoisotopic (exact) mass is 236 g/mol. The Morgan fingerprint density at radius 1 is 1.47 bits per heavy atom. The summed E-state index contributed by atoms with van der Waals surface area (Å²) >= 11 is 0. The Balaban J connectivity index is 2.08. The van der Waals surface area contributed by atoms with Crippen molar-refractivity contribution in [2.75, 3.05) is 19.6 Å². The van der Waals surface area contributed by atoms with Gasteiger partial charge in [-0.25, -0.2) is 0 Å². The van der Waals surface area contributed by atoms with Gasteiger partial charge in [-0.3, -0.25) is 4.79 Å². The molecule has 0 aromatic rings. The zero-order chi connectivity index (χ0) is 12.5. The van der Waals surface area contributed by atoms with Crippen LogP contribution in [-0.2, 0) is 4.79 Å². The summed E-state index contributed by atoms with van der Waals surface area (Å²) in [5, 5.41) is 3.38. The second-order valence-corrected chi connectivity index (χ2v) is 4.70. The topological polar surface area (TPSA) is 32.3 Å². The van der Waals surface area contributed by atoms with Crippen molar-refractivity contribution in [1.29, 1.82) is 0 Å². The fourth-order valence-corrected chi connectivity index (χ4v) is 1.92. The van der Waals surface area contributed by atoms with Crippen molar-refractivity contribution in [3.63, 3.8) is 0 Å². The van der Waals surface area contributed by atoms with Gasteiger partial charge in [-0.2, -0.15) is 0 Å². The van der Waals surface area contributed by atoms with Gasteiger partial charge in [-0.05, 0) is 19.8 Å². The number of hydrogen-bond donors (Lipinski definition) is 1. The zero-order valence-electron chi connectivity index (χ0n) is 11.1. The lowest BCUT2D eigenvalue weighted by Crippen LogP contribution is -2.27. The Morgan fingerprint density at radius 2 is 2.29 bits per heavy atom. The van der Waals surface area contributed by atoms with Crippen molar-refractivity contribution in [2.24, 2.45) is 0 Å². The van der Waals surface area contributed by atoms with Crippen LogP contribution in [0.5, 0.6) is 0 Å². The molecule has 1 aliphatic rings. The average Bonchev–Trinajstić information content (AvgIpc) is 2.72. The molecule has 0 aliphatic carbocycles. The van der Waals surface area contributed by atoms with Crippen LogP contribution >= 0.6 is 0 Å². The van der Waals surface area contributed by atoms with Crippen LogP contribution in [-0.4, -0.2) is 36.5 Å². The third-order valence-electron chi connectivity index (χ3n) is 3.10. The molecule has 0 aromatic heterocycles. The van der Waals surface area contributed by atoms with Crippen molar-refractivity contribution in [1.82, 2.24) is 10.2 Å². The lowest BCUT2D eigenvalue weighted by Gasteiger charge is -2.11. The first kappa shape index (κ1) is 14.1. The lowest BCUT2D eigenvalue weighted by molar-refractivity contribution is -0.127. The predicted octanol–water partition coefficient (Wildman–Crippen LogP) is 1.78. The molecule has 0 radical (unpaired) electrons. The smallest absolute Gasteiger partial charge is 0.223 e. The number of nitrogens with zero attached hydrogens (tertiary/aromatic N) is 1. The molecule has 0 spiro atoms. The van der Waals surface area contributed by atoms with Crippen LogP contribution in [0.1, 0.15) is 46.0 Å². The van der Waals surface area contributed by atoms with Gasteiger partial charge >= 0.3 is 0 Å². The van der Waals surface area contributed by atoms with Crippen molar-refractivity contribution in [3.8, 4) is 11.8 Å². The van der Waals surface area contributed by atoms with E-state index in [-0.39, 0.29) is 5.91 Å². The second kappa shape index (κ2) is 8.14. The van der Waals surface area contributed by atoms with E-state index in [4.69, 9.17) is 0 Å². The van der Waals surface area contributed by atoms with Gasteiger partial charge in [0.25, 0.3) is 0 Å². The van der Waals surface area contributed by atoms with Crippen molar-refractivity contribution in [3.05, 3.63) is 0 Å². The Labute approximate surface area is 105 Å². The molecule has 1 unspecified atom stereocenters. The molecule has 1 aliphatic heterocycles. The van der Waals surface area contributed by atoms with E-state index < -0.39 is 0 Å². The third-order valence-corrected chi connectivity index (χ3v) is 3.10. The van der Waals surface area contributed by atoms with E-state index in [9.17, 15) is 4.79 Å². The number of rotatable bonds is 6. The average molecular weight is 236 g/mol. The molecule has 1 atom stereocenters. The maximum atomic E-state index is 11.3. The molecule has 1 saturated heterocycles. The number of carbonyl (C=O) groups excluding carboxylic acids is 1. The summed E-state index contributed by atoms with van der Waals surface area (Å²) in [5.41, 5.74) is 0. The maximum Gasteiger partial charge on any atom is 0.223 e. The highest BCUT2D eigenvalue weighted by Gasteiger charge is 2.18. The van der Waals surface area contributed by atoms with Crippen LogP contribution in [0, 0.1) is 11.8 Å². The molecule has 96 valence electrons. The Bertz CT molecular complexity index is 290. The Hall–Kier alpha value is -1.01. The summed E-state index contributed by atoms with van der Waals surface area (Å²) in [5.74, 6) is 6.40. The summed E-state index contributed by atoms with van der Waals surface area (Å²) in [6, 6.07) is 0.540. The molecular formula is C14H24N2O. The molecule has 1 rings (SSSR count). The van der Waals surface area contributed by atoms with Gasteiger partial charge in [0.15, 0.2) is 0 Å². The molecule has 17 heavy (non-hydrogen) atoms. The van der Waals surface area contributed by atoms with Crippen LogP contribution in [0.15, 0.2) is 0 Å². The zero-order valence-corrected chi connectivity index (χ0v) is 11.1. The number of carbonyl (C=O) groups is 1. The minimum absolute atomic E-state index is 0.253. The third kappa shape index (κ3) is 5.74. The highest BCUT2D eigenvalue weighted by atomic mass is 16.2. The standard InChI is InChI=1S/C14H24N2O/c1-3-4-8-13(2)15-10-5-6-11-16-12-7-9-14(16)17/h13,15H,3-4,7-12H2,1-2H3. The molecule has 0 aromatic carbocycles. The highest BCUT2D eigenvalue weighted by Crippen LogP contribution is 2.07. The summed E-state index contributed by atoms with van der Waals surface area (Å²) in [6.45, 7) is 6.62. The maximum absolute atomic E-state index is 11.3. The first-order chi connectivity index (χ1) is 8.24. The van der Waals surface area contributed by atoms with Gasteiger partial charge in [0.05, 0.1) is 13.1 Å². The van der Waals surface area contributed by atoms with E-state index >= 15 is 0 Å². The van der Waals surface area contributed by atoms with E-state index in [1.165, 1.54) is 19.3 Å². The van der Waals surface area contributed by atoms with E-state index in [2.05, 4.69) is 31.0 Å². The summed E-state index contributed by atoms with van der Waals surface area (Å²) in [6.07, 6.45) is 5.42. The summed E-state index contributed by atoms with van der Waals surface area (Å²) in [4.78, 5) is 13.1. The summed E-state index contributed by atoms with van der Waals surface area (Å²) < 4.78 is 0. The van der Waals surface area contributed by atoms with Gasteiger partial charge < -0.3 is 10.2 Å². The van der Waals surface area contributed by atoms with Gasteiger partial charge in [-0.1, -0.05) is 31.6 Å². The Morgan fingerprint density at radius 3 is 2.94 bits per heavy atom. The molecule has 0 saturated carbocycles. The van der Waals surface area contributed by atoms with Gasteiger partial charge in [0, 0.05) is 19.0 Å². The van der Waals surface area contributed by atoms with Gasteiger partial charge in [0.1, 0.15) is 0 Å². The molecule has 3 heteroatoms. The largest absolute Gasteiger partial charge is 0.332 e. The molecule has 1 heterocycles. The second-order valence-electron chi connectivity index (χ2n) is 4.70. The first-order valence-electron chi connectivity index (χ1n) is 6.71. The lowest BCUT2D eigenvalue weighted by atomic mass is 10.1. The van der Waals surface area contributed by atoms with E-state index in [1.807, 2.05) is 4.90 Å². The minimum atomic E-state index is 0.253. The van der Waals surface area contributed by atoms with Crippen LogP contribution in [0.2, 0.25) is 0 Å². The fourth-order valence-electron chi connectivity index (χ4n) is 1.92. The fraction of sp³-hybridized carbons (Fsp3) is 0.786. The number of likely N-dealkylation sites (tertiary alicyclic amines) is 1. The first-order valence-corrected chi connectivity index (χ1v) is 6.71. The van der Waals surface area contributed by atoms with Gasteiger partial charge in [-0.15, -0.1) is 0 Å². The minimum Gasteiger partial charge on any atom is -0.332 e. The number of amides is 1. The van der Waals surface area contributed by atoms with Crippen molar-refractivity contribution >= 4 is 5.91 Å². The number of unbranched alkanes of at least 4 members (excludes halogenated alkanes) is 1. The summed E-state index contributed by atoms with van der Waals surface area (Å²) in [7, 11) is 0. The number of nitrogens with one attached hydrogen (secondary N) is 1.